The van der Waals surface area contributed by atoms with E-state index in [9.17, 15) is 0 Å². The molecule has 1 unspecified atom stereocenters. The second kappa shape index (κ2) is 6.02. The fraction of sp³-hybridized carbons (Fsp3) is 0.462. The Labute approximate surface area is 112 Å². The van der Waals surface area contributed by atoms with Gasteiger partial charge in [0, 0.05) is 19.9 Å². The first-order chi connectivity index (χ1) is 8.70. The molecule has 0 aliphatic carbocycles. The Bertz CT molecular complexity index is 478. The van der Waals surface area contributed by atoms with Crippen LogP contribution in [0.3, 0.4) is 0 Å². The number of imidazole rings is 1. The molecule has 0 aliphatic rings. The first-order valence-corrected chi connectivity index (χ1v) is 6.96. The van der Waals surface area contributed by atoms with Crippen molar-refractivity contribution in [2.24, 2.45) is 0 Å². The average molecular weight is 265 g/mol. The lowest BCUT2D eigenvalue weighted by Gasteiger charge is -2.14. The molecule has 5 heteroatoms. The van der Waals surface area contributed by atoms with Crippen LogP contribution in [0.25, 0.3) is 0 Å². The van der Waals surface area contributed by atoms with Gasteiger partial charge in [-0.25, -0.2) is 4.98 Å². The van der Waals surface area contributed by atoms with Crippen molar-refractivity contribution in [1.29, 1.82) is 0 Å². The van der Waals surface area contributed by atoms with E-state index in [1.165, 1.54) is 5.56 Å². The first-order valence-electron chi connectivity index (χ1n) is 6.02. The molecule has 0 amide bonds. The molecular weight excluding hydrogens is 246 g/mol. The number of aromatic nitrogens is 2. The Morgan fingerprint density at radius 2 is 2.39 bits per heavy atom. The van der Waals surface area contributed by atoms with E-state index < -0.39 is 0 Å². The van der Waals surface area contributed by atoms with E-state index in [-0.39, 0.29) is 6.04 Å². The molecule has 0 saturated heterocycles. The van der Waals surface area contributed by atoms with Gasteiger partial charge in [-0.15, -0.1) is 0 Å². The molecule has 0 spiro atoms. The predicted octanol–water partition coefficient (Wildman–Crippen LogP) is 3.07. The zero-order valence-electron chi connectivity index (χ0n) is 11.0. The molecule has 1 atom stereocenters. The van der Waals surface area contributed by atoms with Crippen molar-refractivity contribution in [3.63, 3.8) is 0 Å². The van der Waals surface area contributed by atoms with E-state index in [1.807, 2.05) is 13.1 Å². The summed E-state index contributed by atoms with van der Waals surface area (Å²) in [6.07, 6.45) is 2.04. The molecule has 0 saturated carbocycles. The van der Waals surface area contributed by atoms with Gasteiger partial charge in [0.25, 0.3) is 0 Å². The fourth-order valence-electron chi connectivity index (χ4n) is 1.82. The number of nitrogens with one attached hydrogen (secondary N) is 1. The topological polar surface area (TPSA) is 39.1 Å². The van der Waals surface area contributed by atoms with Gasteiger partial charge in [0.2, 0.25) is 5.95 Å². The number of ether oxygens (including phenoxy) is 1. The Kier molecular flexibility index (Phi) is 4.38. The van der Waals surface area contributed by atoms with Crippen LogP contribution in [-0.4, -0.2) is 23.3 Å². The smallest absolute Gasteiger partial charge is 0.203 e. The minimum atomic E-state index is 0.263. The molecule has 18 heavy (non-hydrogen) atoms. The molecule has 0 radical (unpaired) electrons. The van der Waals surface area contributed by atoms with Crippen LogP contribution >= 0.6 is 11.3 Å². The number of aryl methyl sites for hydroxylation is 1. The van der Waals surface area contributed by atoms with E-state index in [2.05, 4.69) is 38.6 Å². The van der Waals surface area contributed by atoms with Crippen molar-refractivity contribution in [3.05, 3.63) is 34.3 Å². The highest BCUT2D eigenvalue weighted by Gasteiger charge is 2.10. The zero-order valence-corrected chi connectivity index (χ0v) is 11.8. The molecule has 0 bridgehead atoms. The minimum Gasteiger partial charge on any atom is -0.383 e. The summed E-state index contributed by atoms with van der Waals surface area (Å²) < 4.78 is 7.21. The summed E-state index contributed by atoms with van der Waals surface area (Å²) in [6.45, 7) is 5.66. The third-order valence-corrected chi connectivity index (χ3v) is 3.52. The summed E-state index contributed by atoms with van der Waals surface area (Å²) in [5.74, 6) is 0.906. The Morgan fingerprint density at radius 1 is 1.56 bits per heavy atom. The van der Waals surface area contributed by atoms with Gasteiger partial charge in [0.15, 0.2) is 0 Å². The maximum Gasteiger partial charge on any atom is 0.203 e. The highest BCUT2D eigenvalue weighted by Crippen LogP contribution is 2.20. The van der Waals surface area contributed by atoms with E-state index >= 15 is 0 Å². The molecule has 2 aromatic heterocycles. The zero-order chi connectivity index (χ0) is 13.0. The summed E-state index contributed by atoms with van der Waals surface area (Å²) in [4.78, 5) is 4.51. The van der Waals surface area contributed by atoms with Gasteiger partial charge in [-0.3, -0.25) is 0 Å². The Balaban J connectivity index is 2.08. The number of hydrogen-bond acceptors (Lipinski definition) is 4. The number of anilines is 1. The Hall–Kier alpha value is -1.33. The van der Waals surface area contributed by atoms with Gasteiger partial charge in [0.05, 0.1) is 18.3 Å². The highest BCUT2D eigenvalue weighted by atomic mass is 32.1. The summed E-state index contributed by atoms with van der Waals surface area (Å²) in [5, 5.41) is 7.70. The maximum atomic E-state index is 5.11. The summed E-state index contributed by atoms with van der Waals surface area (Å²) in [5.41, 5.74) is 2.31. The minimum absolute atomic E-state index is 0.263. The number of nitrogens with zero attached hydrogens (tertiary/aromatic N) is 2. The SMILES string of the molecule is COCCn1cc(C)nc1NC(C)c1ccsc1. The summed E-state index contributed by atoms with van der Waals surface area (Å²) >= 11 is 1.71. The van der Waals surface area contributed by atoms with E-state index in [1.54, 1.807) is 18.4 Å². The van der Waals surface area contributed by atoms with Crippen molar-refractivity contribution >= 4 is 17.3 Å². The number of thiophene rings is 1. The molecule has 0 aromatic carbocycles. The molecule has 1 N–H and O–H groups in total. The summed E-state index contributed by atoms with van der Waals surface area (Å²) in [7, 11) is 1.71. The maximum absolute atomic E-state index is 5.11. The lowest BCUT2D eigenvalue weighted by atomic mass is 10.2. The second-order valence-corrected chi connectivity index (χ2v) is 5.09. The molecule has 4 nitrogen and oxygen atoms in total. The Morgan fingerprint density at radius 3 is 3.06 bits per heavy atom. The molecule has 98 valence electrons. The largest absolute Gasteiger partial charge is 0.383 e. The van der Waals surface area contributed by atoms with Crippen LogP contribution in [0.5, 0.6) is 0 Å². The van der Waals surface area contributed by atoms with Gasteiger partial charge < -0.3 is 14.6 Å². The normalized spacial score (nSPS) is 12.6. The summed E-state index contributed by atoms with van der Waals surface area (Å²) in [6, 6.07) is 2.40. The van der Waals surface area contributed by atoms with E-state index in [0.29, 0.717) is 6.61 Å². The molecule has 2 aromatic rings. The first kappa shape index (κ1) is 13.1. The van der Waals surface area contributed by atoms with Crippen LogP contribution in [0.1, 0.15) is 24.2 Å². The number of hydrogen-bond donors (Lipinski definition) is 1. The van der Waals surface area contributed by atoms with Crippen molar-refractivity contribution < 1.29 is 4.74 Å². The molecule has 2 heterocycles. The standard InChI is InChI=1S/C13H19N3OS/c1-10-8-16(5-6-17-3)13(14-10)15-11(2)12-4-7-18-9-12/h4,7-9,11H,5-6H2,1-3H3,(H,14,15). The number of methoxy groups -OCH3 is 1. The van der Waals surface area contributed by atoms with Gasteiger partial charge in [-0.05, 0) is 36.2 Å². The highest BCUT2D eigenvalue weighted by molar-refractivity contribution is 7.07. The van der Waals surface area contributed by atoms with Crippen molar-refractivity contribution in [2.75, 3.05) is 19.0 Å². The quantitative estimate of drug-likeness (QED) is 0.872. The van der Waals surface area contributed by atoms with Crippen LogP contribution in [0, 0.1) is 6.92 Å². The van der Waals surface area contributed by atoms with Gasteiger partial charge in [0.1, 0.15) is 0 Å². The lowest BCUT2D eigenvalue weighted by Crippen LogP contribution is -2.12. The molecular formula is C13H19N3OS. The lowest BCUT2D eigenvalue weighted by molar-refractivity contribution is 0.187. The third kappa shape index (κ3) is 3.11. The van der Waals surface area contributed by atoms with Crippen LogP contribution in [-0.2, 0) is 11.3 Å². The molecule has 2 rings (SSSR count). The average Bonchev–Trinajstić information content (AvgIpc) is 2.96. The van der Waals surface area contributed by atoms with Crippen molar-refractivity contribution in [3.8, 4) is 0 Å². The van der Waals surface area contributed by atoms with Crippen molar-refractivity contribution in [1.82, 2.24) is 9.55 Å². The van der Waals surface area contributed by atoms with Gasteiger partial charge in [-0.2, -0.15) is 11.3 Å². The molecule has 0 aliphatic heterocycles. The van der Waals surface area contributed by atoms with Crippen LogP contribution in [0.2, 0.25) is 0 Å². The molecule has 0 fully saturated rings. The van der Waals surface area contributed by atoms with Gasteiger partial charge >= 0.3 is 0 Å². The van der Waals surface area contributed by atoms with E-state index in [0.717, 1.165) is 18.2 Å². The predicted molar refractivity (Wildman–Crippen MR) is 75.2 cm³/mol. The fourth-order valence-corrected chi connectivity index (χ4v) is 2.57. The monoisotopic (exact) mass is 265 g/mol. The van der Waals surface area contributed by atoms with Crippen LogP contribution in [0.4, 0.5) is 5.95 Å². The van der Waals surface area contributed by atoms with Crippen LogP contribution in [0.15, 0.2) is 23.0 Å². The number of rotatable bonds is 6. The van der Waals surface area contributed by atoms with Crippen molar-refractivity contribution in [2.45, 2.75) is 26.4 Å². The van der Waals surface area contributed by atoms with Gasteiger partial charge in [-0.1, -0.05) is 0 Å². The van der Waals surface area contributed by atoms with E-state index in [4.69, 9.17) is 4.74 Å². The second-order valence-electron chi connectivity index (χ2n) is 4.31. The third-order valence-electron chi connectivity index (χ3n) is 2.82. The van der Waals surface area contributed by atoms with Crippen LogP contribution < -0.4 is 5.32 Å².